The van der Waals surface area contributed by atoms with Crippen molar-refractivity contribution in [2.45, 2.75) is 32.6 Å². The van der Waals surface area contributed by atoms with Gasteiger partial charge in [-0.05, 0) is 56.2 Å². The predicted octanol–water partition coefficient (Wildman–Crippen LogP) is 1.44. The third-order valence-electron chi connectivity index (χ3n) is 3.06. The lowest BCUT2D eigenvalue weighted by molar-refractivity contribution is 0.542. The molecule has 1 heterocycles. The minimum Gasteiger partial charge on any atom is -0.317 e. The minimum atomic E-state index is -3.05. The fraction of sp³-hybridized carbons (Fsp3) is 1.00. The molecule has 0 aromatic carbocycles. The molecule has 1 aliphatic rings. The third-order valence-corrected chi connectivity index (χ3v) is 5.72. The normalized spacial score (nSPS) is 20.4. The minimum absolute atomic E-state index is 0.265. The van der Waals surface area contributed by atoms with Gasteiger partial charge >= 0.3 is 0 Å². The Morgan fingerprint density at radius 1 is 1.28 bits per heavy atom. The number of sulfonamides is 1. The van der Waals surface area contributed by atoms with E-state index in [1.54, 1.807) is 0 Å². The van der Waals surface area contributed by atoms with Crippen LogP contribution < -0.4 is 10.0 Å². The highest BCUT2D eigenvalue weighted by molar-refractivity contribution is 7.99. The van der Waals surface area contributed by atoms with Gasteiger partial charge in [-0.2, -0.15) is 11.8 Å². The van der Waals surface area contributed by atoms with Crippen molar-refractivity contribution >= 4 is 21.8 Å². The third kappa shape index (κ3) is 7.61. The standard InChI is InChI=1S/C12H26N2O2S2/c1-2-6-13-7-3-4-9-18(15,16)14-10-12-5-8-17-11-12/h12-14H,2-11H2,1H3. The molecule has 18 heavy (non-hydrogen) atoms. The summed E-state index contributed by atoms with van der Waals surface area (Å²) in [6.45, 7) is 4.69. The van der Waals surface area contributed by atoms with Crippen LogP contribution in [0.5, 0.6) is 0 Å². The summed E-state index contributed by atoms with van der Waals surface area (Å²) >= 11 is 1.92. The maximum absolute atomic E-state index is 11.7. The summed E-state index contributed by atoms with van der Waals surface area (Å²) in [5.41, 5.74) is 0. The maximum Gasteiger partial charge on any atom is 0.211 e. The molecule has 1 saturated heterocycles. The highest BCUT2D eigenvalue weighted by Crippen LogP contribution is 2.22. The molecule has 4 nitrogen and oxygen atoms in total. The van der Waals surface area contributed by atoms with E-state index in [0.717, 1.165) is 44.5 Å². The molecule has 0 aromatic heterocycles. The zero-order chi connectivity index (χ0) is 13.3. The second-order valence-corrected chi connectivity index (χ2v) is 7.93. The average Bonchev–Trinajstić information content (AvgIpc) is 2.84. The molecule has 0 bridgehead atoms. The lowest BCUT2D eigenvalue weighted by Crippen LogP contribution is -2.31. The van der Waals surface area contributed by atoms with E-state index in [1.165, 1.54) is 5.75 Å². The zero-order valence-corrected chi connectivity index (χ0v) is 12.9. The van der Waals surface area contributed by atoms with Gasteiger partial charge in [0.25, 0.3) is 0 Å². The Hall–Kier alpha value is 0.220. The van der Waals surface area contributed by atoms with Gasteiger partial charge in [-0.15, -0.1) is 0 Å². The first-order valence-electron chi connectivity index (χ1n) is 6.90. The molecule has 1 fully saturated rings. The van der Waals surface area contributed by atoms with Crippen molar-refractivity contribution in [2.24, 2.45) is 5.92 Å². The van der Waals surface area contributed by atoms with Gasteiger partial charge in [0, 0.05) is 6.54 Å². The molecule has 0 saturated carbocycles. The Morgan fingerprint density at radius 3 is 2.78 bits per heavy atom. The zero-order valence-electron chi connectivity index (χ0n) is 11.3. The van der Waals surface area contributed by atoms with Crippen molar-refractivity contribution < 1.29 is 8.42 Å². The molecule has 0 aromatic rings. The van der Waals surface area contributed by atoms with E-state index in [2.05, 4.69) is 17.0 Å². The molecule has 1 aliphatic heterocycles. The first kappa shape index (κ1) is 16.3. The Kier molecular flexibility index (Phi) is 8.30. The number of unbranched alkanes of at least 4 members (excludes halogenated alkanes) is 1. The van der Waals surface area contributed by atoms with Gasteiger partial charge in [0.15, 0.2) is 0 Å². The van der Waals surface area contributed by atoms with Crippen molar-refractivity contribution in [2.75, 3.05) is 36.9 Å². The summed E-state index contributed by atoms with van der Waals surface area (Å²) in [6.07, 6.45) is 3.94. The van der Waals surface area contributed by atoms with E-state index in [0.29, 0.717) is 12.5 Å². The maximum atomic E-state index is 11.7. The SMILES string of the molecule is CCCNCCCCS(=O)(=O)NCC1CCSC1. The summed E-state index contributed by atoms with van der Waals surface area (Å²) in [4.78, 5) is 0. The van der Waals surface area contributed by atoms with Crippen LogP contribution in [-0.2, 0) is 10.0 Å². The summed E-state index contributed by atoms with van der Waals surface area (Å²) in [5, 5.41) is 3.28. The van der Waals surface area contributed by atoms with Gasteiger partial charge in [-0.1, -0.05) is 6.92 Å². The van der Waals surface area contributed by atoms with Crippen molar-refractivity contribution in [1.82, 2.24) is 10.0 Å². The van der Waals surface area contributed by atoms with Gasteiger partial charge in [0.05, 0.1) is 5.75 Å². The van der Waals surface area contributed by atoms with Crippen LogP contribution in [0.15, 0.2) is 0 Å². The van der Waals surface area contributed by atoms with Gasteiger partial charge in [0.2, 0.25) is 10.0 Å². The van der Waals surface area contributed by atoms with Crippen LogP contribution in [0.3, 0.4) is 0 Å². The van der Waals surface area contributed by atoms with Crippen molar-refractivity contribution in [3.63, 3.8) is 0 Å². The van der Waals surface area contributed by atoms with Gasteiger partial charge < -0.3 is 5.32 Å². The summed E-state index contributed by atoms with van der Waals surface area (Å²) in [5.74, 6) is 3.08. The van der Waals surface area contributed by atoms with E-state index in [-0.39, 0.29) is 5.75 Å². The lowest BCUT2D eigenvalue weighted by Gasteiger charge is -2.10. The first-order chi connectivity index (χ1) is 8.64. The molecule has 0 aliphatic carbocycles. The first-order valence-corrected chi connectivity index (χ1v) is 9.70. The van der Waals surface area contributed by atoms with E-state index in [1.807, 2.05) is 11.8 Å². The number of rotatable bonds is 10. The van der Waals surface area contributed by atoms with Crippen molar-refractivity contribution in [3.8, 4) is 0 Å². The molecule has 0 amide bonds. The molecular formula is C12H26N2O2S2. The van der Waals surface area contributed by atoms with Crippen molar-refractivity contribution in [1.29, 1.82) is 0 Å². The smallest absolute Gasteiger partial charge is 0.211 e. The summed E-state index contributed by atoms with van der Waals surface area (Å²) in [7, 11) is -3.05. The van der Waals surface area contributed by atoms with E-state index in [4.69, 9.17) is 0 Å². The largest absolute Gasteiger partial charge is 0.317 e. The molecule has 1 atom stereocenters. The van der Waals surface area contributed by atoms with Crippen LogP contribution in [0.2, 0.25) is 0 Å². The number of hydrogen-bond acceptors (Lipinski definition) is 4. The van der Waals surface area contributed by atoms with Gasteiger partial charge in [0.1, 0.15) is 0 Å². The Labute approximate surface area is 116 Å². The van der Waals surface area contributed by atoms with Crippen LogP contribution >= 0.6 is 11.8 Å². The molecule has 1 rings (SSSR count). The fourth-order valence-electron chi connectivity index (χ4n) is 1.91. The van der Waals surface area contributed by atoms with Gasteiger partial charge in [-0.25, -0.2) is 13.1 Å². The fourth-order valence-corrected chi connectivity index (χ4v) is 4.41. The summed E-state index contributed by atoms with van der Waals surface area (Å²) in [6, 6.07) is 0. The van der Waals surface area contributed by atoms with Crippen LogP contribution in [-0.4, -0.2) is 45.3 Å². The lowest BCUT2D eigenvalue weighted by atomic mass is 10.1. The monoisotopic (exact) mass is 294 g/mol. The number of hydrogen-bond donors (Lipinski definition) is 2. The van der Waals surface area contributed by atoms with Crippen LogP contribution in [0.4, 0.5) is 0 Å². The van der Waals surface area contributed by atoms with E-state index < -0.39 is 10.0 Å². The summed E-state index contributed by atoms with van der Waals surface area (Å²) < 4.78 is 26.2. The highest BCUT2D eigenvalue weighted by Gasteiger charge is 2.18. The molecule has 0 spiro atoms. The molecule has 2 N–H and O–H groups in total. The average molecular weight is 294 g/mol. The molecule has 0 radical (unpaired) electrons. The second kappa shape index (κ2) is 9.18. The predicted molar refractivity (Wildman–Crippen MR) is 79.6 cm³/mol. The molecule has 6 heteroatoms. The Balaban J connectivity index is 2.03. The van der Waals surface area contributed by atoms with Gasteiger partial charge in [-0.3, -0.25) is 0 Å². The second-order valence-electron chi connectivity index (χ2n) is 4.85. The van der Waals surface area contributed by atoms with Crippen LogP contribution in [0, 0.1) is 5.92 Å². The van der Waals surface area contributed by atoms with Crippen molar-refractivity contribution in [3.05, 3.63) is 0 Å². The number of thioether (sulfide) groups is 1. The quantitative estimate of drug-likeness (QED) is 0.599. The highest BCUT2D eigenvalue weighted by atomic mass is 32.2. The molecule has 1 unspecified atom stereocenters. The Bertz CT molecular complexity index is 301. The van der Waals surface area contributed by atoms with E-state index in [9.17, 15) is 8.42 Å². The topological polar surface area (TPSA) is 58.2 Å². The van der Waals surface area contributed by atoms with Crippen LogP contribution in [0.25, 0.3) is 0 Å². The molecular weight excluding hydrogens is 268 g/mol. The van der Waals surface area contributed by atoms with E-state index >= 15 is 0 Å². The van der Waals surface area contributed by atoms with Crippen LogP contribution in [0.1, 0.15) is 32.6 Å². The Morgan fingerprint density at radius 2 is 2.11 bits per heavy atom. The number of nitrogens with one attached hydrogen (secondary N) is 2. The molecule has 108 valence electrons.